The fourth-order valence-corrected chi connectivity index (χ4v) is 4.20. The Kier molecular flexibility index (Phi) is 4.73. The van der Waals surface area contributed by atoms with E-state index in [1.54, 1.807) is 6.07 Å². The fourth-order valence-electron chi connectivity index (χ4n) is 2.02. The Morgan fingerprint density at radius 2 is 1.96 bits per heavy atom. The number of thiophene rings is 1. The predicted octanol–water partition coefficient (Wildman–Crippen LogP) is 6.05. The van der Waals surface area contributed by atoms with Gasteiger partial charge in [-0.2, -0.15) is 0 Å². The van der Waals surface area contributed by atoms with E-state index in [2.05, 4.69) is 36.3 Å². The van der Waals surface area contributed by atoms with E-state index in [1.807, 2.05) is 11.4 Å². The minimum absolute atomic E-state index is 0.306. The number of aryl methyl sites for hydroxylation is 2. The van der Waals surface area contributed by atoms with Gasteiger partial charge in [0.1, 0.15) is 4.34 Å². The number of carbonyl (C=O) groups is 1. The quantitative estimate of drug-likeness (QED) is 0.598. The number of nitrogens with zero attached hydrogens (tertiary/aromatic N) is 1. The summed E-state index contributed by atoms with van der Waals surface area (Å²) >= 11 is 14.4. The van der Waals surface area contributed by atoms with Crippen molar-refractivity contribution < 1.29 is 4.79 Å². The smallest absolute Gasteiger partial charge is 0.259 e. The molecule has 1 amide bonds. The molecule has 7 heteroatoms. The van der Waals surface area contributed by atoms with Gasteiger partial charge < -0.3 is 0 Å². The van der Waals surface area contributed by atoms with E-state index < -0.39 is 0 Å². The van der Waals surface area contributed by atoms with Crippen molar-refractivity contribution in [2.24, 2.45) is 0 Å². The van der Waals surface area contributed by atoms with Gasteiger partial charge in [-0.15, -0.1) is 22.7 Å². The van der Waals surface area contributed by atoms with Crippen LogP contribution in [-0.4, -0.2) is 10.9 Å². The molecule has 0 spiro atoms. The molecule has 0 aliphatic heterocycles. The van der Waals surface area contributed by atoms with Crippen molar-refractivity contribution >= 4 is 56.9 Å². The molecule has 3 nitrogen and oxygen atoms in total. The van der Waals surface area contributed by atoms with Gasteiger partial charge in [0.05, 0.1) is 15.6 Å². The van der Waals surface area contributed by atoms with Crippen molar-refractivity contribution in [1.82, 2.24) is 4.98 Å². The SMILES string of the molecule is Cc1ccc(-c2csc(NC(=O)c3cc(Cl)sc3Cl)n2)cc1C. The average molecular weight is 383 g/mol. The van der Waals surface area contributed by atoms with E-state index in [4.69, 9.17) is 23.2 Å². The van der Waals surface area contributed by atoms with Crippen molar-refractivity contribution in [1.29, 1.82) is 0 Å². The van der Waals surface area contributed by atoms with E-state index >= 15 is 0 Å². The number of anilines is 1. The molecular formula is C16H12Cl2N2OS2. The zero-order chi connectivity index (χ0) is 16.6. The molecule has 0 fully saturated rings. The minimum Gasteiger partial charge on any atom is -0.298 e. The van der Waals surface area contributed by atoms with Gasteiger partial charge in [0.25, 0.3) is 5.91 Å². The van der Waals surface area contributed by atoms with Crippen LogP contribution in [0, 0.1) is 13.8 Å². The highest BCUT2D eigenvalue weighted by Gasteiger charge is 2.16. The van der Waals surface area contributed by atoms with Crippen LogP contribution in [0.25, 0.3) is 11.3 Å². The van der Waals surface area contributed by atoms with Crippen molar-refractivity contribution in [2.75, 3.05) is 5.32 Å². The number of amides is 1. The number of carbonyl (C=O) groups excluding carboxylic acids is 1. The van der Waals surface area contributed by atoms with Gasteiger partial charge in [0, 0.05) is 10.9 Å². The third-order valence-electron chi connectivity index (χ3n) is 3.43. The van der Waals surface area contributed by atoms with Crippen LogP contribution in [0.3, 0.4) is 0 Å². The summed E-state index contributed by atoms with van der Waals surface area (Å²) in [6, 6.07) is 7.74. The van der Waals surface area contributed by atoms with Gasteiger partial charge >= 0.3 is 0 Å². The Hall–Kier alpha value is -1.40. The molecule has 3 rings (SSSR count). The molecule has 0 aliphatic carbocycles. The lowest BCUT2D eigenvalue weighted by Crippen LogP contribution is -2.11. The second-order valence-corrected chi connectivity index (χ2v) is 8.17. The first kappa shape index (κ1) is 16.5. The van der Waals surface area contributed by atoms with E-state index in [1.165, 1.54) is 33.8 Å². The summed E-state index contributed by atoms with van der Waals surface area (Å²) in [5, 5.41) is 5.21. The van der Waals surface area contributed by atoms with Crippen molar-refractivity contribution in [2.45, 2.75) is 13.8 Å². The number of rotatable bonds is 3. The summed E-state index contributed by atoms with van der Waals surface area (Å²) in [5.41, 5.74) is 4.68. The molecule has 0 aliphatic rings. The van der Waals surface area contributed by atoms with Gasteiger partial charge in [0.15, 0.2) is 5.13 Å². The van der Waals surface area contributed by atoms with E-state index in [0.29, 0.717) is 19.4 Å². The van der Waals surface area contributed by atoms with Crippen LogP contribution in [0.15, 0.2) is 29.6 Å². The molecule has 1 N–H and O–H groups in total. The first-order valence-corrected chi connectivity index (χ1v) is 9.18. The number of aromatic nitrogens is 1. The van der Waals surface area contributed by atoms with Crippen LogP contribution in [0.4, 0.5) is 5.13 Å². The summed E-state index contributed by atoms with van der Waals surface area (Å²) in [5.74, 6) is -0.306. The Labute approximate surface area is 151 Å². The van der Waals surface area contributed by atoms with Crippen LogP contribution in [0.5, 0.6) is 0 Å². The Morgan fingerprint density at radius 1 is 1.17 bits per heavy atom. The first-order chi connectivity index (χ1) is 10.9. The van der Waals surface area contributed by atoms with Gasteiger partial charge in [-0.3, -0.25) is 10.1 Å². The third-order valence-corrected chi connectivity index (χ3v) is 5.67. The molecule has 118 valence electrons. The zero-order valence-electron chi connectivity index (χ0n) is 12.3. The minimum atomic E-state index is -0.306. The number of hydrogen-bond acceptors (Lipinski definition) is 4. The second kappa shape index (κ2) is 6.61. The number of halogens is 2. The highest BCUT2D eigenvalue weighted by molar-refractivity contribution is 7.20. The molecule has 0 saturated carbocycles. The molecule has 0 bridgehead atoms. The Balaban J connectivity index is 1.80. The third kappa shape index (κ3) is 3.58. The van der Waals surface area contributed by atoms with Crippen molar-refractivity contribution in [3.05, 3.63) is 55.0 Å². The van der Waals surface area contributed by atoms with Crippen molar-refractivity contribution in [3.63, 3.8) is 0 Å². The standard InChI is InChI=1S/C16H12Cl2N2OS2/c1-8-3-4-10(5-9(8)2)12-7-22-16(19-12)20-15(21)11-6-13(17)23-14(11)18/h3-7H,1-2H3,(H,19,20,21). The summed E-state index contributed by atoms with van der Waals surface area (Å²) < 4.78 is 0.855. The van der Waals surface area contributed by atoms with Crippen LogP contribution in [0.2, 0.25) is 8.67 Å². The summed E-state index contributed by atoms with van der Waals surface area (Å²) in [7, 11) is 0. The monoisotopic (exact) mass is 382 g/mol. The van der Waals surface area contributed by atoms with E-state index in [0.717, 1.165) is 11.3 Å². The molecule has 0 radical (unpaired) electrons. The summed E-state index contributed by atoms with van der Waals surface area (Å²) in [4.78, 5) is 16.7. The lowest BCUT2D eigenvalue weighted by molar-refractivity contribution is 0.102. The summed E-state index contributed by atoms with van der Waals surface area (Å²) in [6.45, 7) is 4.14. The second-order valence-electron chi connectivity index (χ2n) is 5.03. The van der Waals surface area contributed by atoms with E-state index in [9.17, 15) is 4.79 Å². The van der Waals surface area contributed by atoms with E-state index in [-0.39, 0.29) is 5.91 Å². The highest BCUT2D eigenvalue weighted by atomic mass is 35.5. The number of thiazole rings is 1. The number of nitrogens with one attached hydrogen (secondary N) is 1. The van der Waals surface area contributed by atoms with Gasteiger partial charge in [-0.1, -0.05) is 35.3 Å². The van der Waals surface area contributed by atoms with Crippen LogP contribution < -0.4 is 5.32 Å². The number of hydrogen-bond donors (Lipinski definition) is 1. The molecule has 0 saturated heterocycles. The molecule has 3 aromatic rings. The van der Waals surface area contributed by atoms with Crippen LogP contribution in [0.1, 0.15) is 21.5 Å². The normalized spacial score (nSPS) is 10.8. The molecule has 2 heterocycles. The average Bonchev–Trinajstić information content (AvgIpc) is 3.08. The maximum Gasteiger partial charge on any atom is 0.259 e. The predicted molar refractivity (Wildman–Crippen MR) is 99.3 cm³/mol. The molecular weight excluding hydrogens is 371 g/mol. The van der Waals surface area contributed by atoms with Gasteiger partial charge in [0.2, 0.25) is 0 Å². The van der Waals surface area contributed by atoms with Gasteiger partial charge in [-0.25, -0.2) is 4.98 Å². The maximum atomic E-state index is 12.2. The largest absolute Gasteiger partial charge is 0.298 e. The van der Waals surface area contributed by atoms with Crippen molar-refractivity contribution in [3.8, 4) is 11.3 Å². The molecule has 2 aromatic heterocycles. The zero-order valence-corrected chi connectivity index (χ0v) is 15.5. The van der Waals surface area contributed by atoms with Gasteiger partial charge in [-0.05, 0) is 37.1 Å². The summed E-state index contributed by atoms with van der Waals surface area (Å²) in [6.07, 6.45) is 0. The van der Waals surface area contributed by atoms with Crippen LogP contribution >= 0.6 is 45.9 Å². The number of benzene rings is 1. The first-order valence-electron chi connectivity index (χ1n) is 6.73. The fraction of sp³-hybridized carbons (Fsp3) is 0.125. The topological polar surface area (TPSA) is 42.0 Å². The Morgan fingerprint density at radius 3 is 2.61 bits per heavy atom. The Bertz CT molecular complexity index is 886. The molecule has 1 aromatic carbocycles. The molecule has 23 heavy (non-hydrogen) atoms. The maximum absolute atomic E-state index is 12.2. The molecule has 0 atom stereocenters. The van der Waals surface area contributed by atoms with Crippen LogP contribution in [-0.2, 0) is 0 Å². The lowest BCUT2D eigenvalue weighted by atomic mass is 10.1. The molecule has 0 unspecified atom stereocenters. The highest BCUT2D eigenvalue weighted by Crippen LogP contribution is 2.32. The lowest BCUT2D eigenvalue weighted by Gasteiger charge is -2.02.